The van der Waals surface area contributed by atoms with Crippen LogP contribution in [-0.2, 0) is 32.0 Å². The first kappa shape index (κ1) is 33.0. The number of unbranched alkanes of at least 4 members (excludes halogenated alkanes) is 1. The summed E-state index contributed by atoms with van der Waals surface area (Å²) in [5.74, 6) is -3.57. The van der Waals surface area contributed by atoms with Crippen LogP contribution in [0.15, 0.2) is 48.5 Å². The van der Waals surface area contributed by atoms with Crippen LogP contribution < -0.4 is 27.4 Å². The van der Waals surface area contributed by atoms with Crippen LogP contribution in [0.5, 0.6) is 11.5 Å². The smallest absolute Gasteiger partial charge is 0.328 e. The quantitative estimate of drug-likeness (QED) is 0.114. The number of amides is 3. The Labute approximate surface area is 237 Å². The minimum absolute atomic E-state index is 0.00911. The number of nitrogens with two attached hydrogens (primary N) is 2. The molecule has 0 aromatic heterocycles. The SMILES string of the molecule is CC(O)C(NC(=O)C(Cc1ccc(O)cc1)NC(=O)C(CCCCN)NC(=O)C(N)Cc1ccc(O)cc1)C(=O)O. The van der Waals surface area contributed by atoms with Gasteiger partial charge in [0.05, 0.1) is 12.1 Å². The molecule has 0 saturated heterocycles. The zero-order valence-electron chi connectivity index (χ0n) is 22.8. The van der Waals surface area contributed by atoms with Gasteiger partial charge in [0.15, 0.2) is 6.04 Å². The number of aromatic hydroxyl groups is 2. The van der Waals surface area contributed by atoms with Crippen molar-refractivity contribution in [1.29, 1.82) is 0 Å². The minimum Gasteiger partial charge on any atom is -0.508 e. The van der Waals surface area contributed by atoms with Gasteiger partial charge in [-0.05, 0) is 74.5 Å². The van der Waals surface area contributed by atoms with Gasteiger partial charge in [-0.25, -0.2) is 4.79 Å². The lowest BCUT2D eigenvalue weighted by molar-refractivity contribution is -0.145. The van der Waals surface area contributed by atoms with Crippen molar-refractivity contribution in [1.82, 2.24) is 16.0 Å². The van der Waals surface area contributed by atoms with Crippen LogP contribution >= 0.6 is 0 Å². The fourth-order valence-corrected chi connectivity index (χ4v) is 4.01. The van der Waals surface area contributed by atoms with Crippen LogP contribution in [0.2, 0.25) is 0 Å². The molecular formula is C28H39N5O8. The lowest BCUT2D eigenvalue weighted by Crippen LogP contribution is -2.58. The highest BCUT2D eigenvalue weighted by Gasteiger charge is 2.32. The predicted octanol–water partition coefficient (Wildman–Crippen LogP) is -0.741. The molecule has 13 heteroatoms. The Hall–Kier alpha value is -4.20. The van der Waals surface area contributed by atoms with Crippen molar-refractivity contribution in [3.63, 3.8) is 0 Å². The zero-order valence-corrected chi connectivity index (χ0v) is 22.8. The van der Waals surface area contributed by atoms with E-state index in [2.05, 4.69) is 16.0 Å². The molecule has 2 aromatic rings. The van der Waals surface area contributed by atoms with E-state index in [0.717, 1.165) is 0 Å². The Morgan fingerprint density at radius 3 is 1.73 bits per heavy atom. The third-order valence-electron chi connectivity index (χ3n) is 6.36. The van der Waals surface area contributed by atoms with Crippen molar-refractivity contribution in [2.75, 3.05) is 6.54 Å². The van der Waals surface area contributed by atoms with Gasteiger partial charge in [0.25, 0.3) is 0 Å². The second-order valence-corrected chi connectivity index (χ2v) is 9.82. The summed E-state index contributed by atoms with van der Waals surface area (Å²) in [5, 5.41) is 45.7. The van der Waals surface area contributed by atoms with Gasteiger partial charge in [-0.3, -0.25) is 14.4 Å². The number of benzene rings is 2. The number of carboxylic acids is 1. The van der Waals surface area contributed by atoms with Crippen LogP contribution in [0.4, 0.5) is 0 Å². The average Bonchev–Trinajstić information content (AvgIpc) is 2.92. The fourth-order valence-electron chi connectivity index (χ4n) is 4.01. The number of carbonyl (C=O) groups excluding carboxylic acids is 3. The number of aliphatic hydroxyl groups excluding tert-OH is 1. The van der Waals surface area contributed by atoms with Crippen LogP contribution in [0.25, 0.3) is 0 Å². The number of carboxylic acid groups (broad SMARTS) is 1. The van der Waals surface area contributed by atoms with E-state index in [0.29, 0.717) is 30.5 Å². The molecule has 224 valence electrons. The van der Waals surface area contributed by atoms with Crippen molar-refractivity contribution in [2.45, 2.75) is 69.3 Å². The van der Waals surface area contributed by atoms with Crippen molar-refractivity contribution in [3.8, 4) is 11.5 Å². The predicted molar refractivity (Wildman–Crippen MR) is 150 cm³/mol. The first-order valence-corrected chi connectivity index (χ1v) is 13.2. The molecule has 3 amide bonds. The van der Waals surface area contributed by atoms with Gasteiger partial charge in [-0.15, -0.1) is 0 Å². The maximum Gasteiger partial charge on any atom is 0.328 e. The molecule has 0 radical (unpaired) electrons. The molecule has 13 nitrogen and oxygen atoms in total. The largest absolute Gasteiger partial charge is 0.508 e. The van der Waals surface area contributed by atoms with Gasteiger partial charge < -0.3 is 47.8 Å². The summed E-state index contributed by atoms with van der Waals surface area (Å²) in [6.07, 6.45) is -0.0935. The van der Waals surface area contributed by atoms with Crippen molar-refractivity contribution >= 4 is 23.7 Å². The van der Waals surface area contributed by atoms with Crippen LogP contribution in [0.1, 0.15) is 37.3 Å². The summed E-state index contributed by atoms with van der Waals surface area (Å²) in [5.41, 5.74) is 12.9. The fraction of sp³-hybridized carbons (Fsp3) is 0.429. The molecule has 0 spiro atoms. The summed E-state index contributed by atoms with van der Waals surface area (Å²) in [6, 6.07) is 7.04. The van der Waals surface area contributed by atoms with Crippen LogP contribution in [-0.4, -0.2) is 80.9 Å². The highest BCUT2D eigenvalue weighted by atomic mass is 16.4. The molecule has 5 atom stereocenters. The Morgan fingerprint density at radius 1 is 0.756 bits per heavy atom. The Kier molecular flexibility index (Phi) is 13.0. The van der Waals surface area contributed by atoms with Crippen LogP contribution in [0, 0.1) is 0 Å². The molecule has 41 heavy (non-hydrogen) atoms. The summed E-state index contributed by atoms with van der Waals surface area (Å²) < 4.78 is 0. The first-order chi connectivity index (χ1) is 19.4. The molecule has 11 N–H and O–H groups in total. The lowest BCUT2D eigenvalue weighted by atomic mass is 10.0. The van der Waals surface area contributed by atoms with Gasteiger partial charge >= 0.3 is 5.97 Å². The van der Waals surface area contributed by atoms with E-state index < -0.39 is 54.0 Å². The molecular weight excluding hydrogens is 534 g/mol. The van der Waals surface area contributed by atoms with E-state index in [1.807, 2.05) is 0 Å². The summed E-state index contributed by atoms with van der Waals surface area (Å²) in [7, 11) is 0. The number of phenols is 2. The highest BCUT2D eigenvalue weighted by molar-refractivity contribution is 5.94. The van der Waals surface area contributed by atoms with Crippen LogP contribution in [0.3, 0.4) is 0 Å². The van der Waals surface area contributed by atoms with Gasteiger partial charge in [-0.2, -0.15) is 0 Å². The van der Waals surface area contributed by atoms with E-state index >= 15 is 0 Å². The molecule has 0 bridgehead atoms. The Morgan fingerprint density at radius 2 is 1.24 bits per heavy atom. The maximum atomic E-state index is 13.4. The molecule has 0 saturated carbocycles. The number of hydrogen-bond donors (Lipinski definition) is 9. The number of phenolic OH excluding ortho intramolecular Hbond substituents is 2. The molecule has 0 aliphatic carbocycles. The number of nitrogens with one attached hydrogen (secondary N) is 3. The third kappa shape index (κ3) is 11.1. The molecule has 2 rings (SSSR count). The topological polar surface area (TPSA) is 237 Å². The maximum absolute atomic E-state index is 13.4. The first-order valence-electron chi connectivity index (χ1n) is 13.2. The molecule has 0 aliphatic rings. The normalized spacial score (nSPS) is 14.6. The number of rotatable bonds is 16. The second kappa shape index (κ2) is 16.2. The van der Waals surface area contributed by atoms with E-state index in [-0.39, 0.29) is 30.8 Å². The monoisotopic (exact) mass is 573 g/mol. The number of aliphatic hydroxyl groups is 1. The van der Waals surface area contributed by atoms with Crippen molar-refractivity contribution in [2.24, 2.45) is 11.5 Å². The molecule has 0 aliphatic heterocycles. The Balaban J connectivity index is 2.22. The van der Waals surface area contributed by atoms with Gasteiger partial charge in [0.2, 0.25) is 17.7 Å². The summed E-state index contributed by atoms with van der Waals surface area (Å²) >= 11 is 0. The van der Waals surface area contributed by atoms with Gasteiger partial charge in [0.1, 0.15) is 23.6 Å². The second-order valence-electron chi connectivity index (χ2n) is 9.82. The Bertz CT molecular complexity index is 1160. The number of aliphatic carboxylic acids is 1. The van der Waals surface area contributed by atoms with Crippen molar-refractivity contribution < 1.29 is 39.6 Å². The van der Waals surface area contributed by atoms with Gasteiger partial charge in [-0.1, -0.05) is 24.3 Å². The number of hydrogen-bond acceptors (Lipinski definition) is 9. The molecule has 5 unspecified atom stereocenters. The van der Waals surface area contributed by atoms with E-state index in [1.165, 1.54) is 43.3 Å². The third-order valence-corrected chi connectivity index (χ3v) is 6.36. The highest BCUT2D eigenvalue weighted by Crippen LogP contribution is 2.13. The average molecular weight is 574 g/mol. The minimum atomic E-state index is -1.63. The summed E-state index contributed by atoms with van der Waals surface area (Å²) in [4.78, 5) is 51.0. The molecule has 0 fully saturated rings. The zero-order chi connectivity index (χ0) is 30.5. The van der Waals surface area contributed by atoms with E-state index in [9.17, 15) is 39.6 Å². The van der Waals surface area contributed by atoms with Gasteiger partial charge in [0, 0.05) is 6.42 Å². The summed E-state index contributed by atoms with van der Waals surface area (Å²) in [6.45, 7) is 1.57. The number of carbonyl (C=O) groups is 4. The van der Waals surface area contributed by atoms with Crippen molar-refractivity contribution in [3.05, 3.63) is 59.7 Å². The lowest BCUT2D eigenvalue weighted by Gasteiger charge is -2.26. The molecule has 0 heterocycles. The molecule has 2 aromatic carbocycles. The van der Waals surface area contributed by atoms with E-state index in [4.69, 9.17) is 11.5 Å². The standard InChI is InChI=1S/C28H39N5O8/c1-16(34)24(28(40)41)33-27(39)23(15-18-7-11-20(36)12-8-18)32-26(38)22(4-2-3-13-29)31-25(37)21(30)14-17-5-9-19(35)10-6-17/h5-12,16,21-24,34-36H,2-4,13-15,29-30H2,1H3,(H,31,37)(H,32,38)(H,33,39)(H,40,41). The van der Waals surface area contributed by atoms with E-state index in [1.54, 1.807) is 12.1 Å².